The number of unbranched alkanes of at least 4 members (excludes halogenated alkanes) is 8. The predicted molar refractivity (Wildman–Crippen MR) is 125 cm³/mol. The third-order valence-electron chi connectivity index (χ3n) is 5.61. The molecule has 1 aromatic heterocycles. The van der Waals surface area contributed by atoms with Gasteiger partial charge in [0.15, 0.2) is 0 Å². The number of amides is 2. The van der Waals surface area contributed by atoms with Crippen LogP contribution in [0.5, 0.6) is 0 Å². The molecule has 28 heavy (non-hydrogen) atoms. The fraction of sp³-hybridized carbons (Fsp3) is 0.727. The van der Waals surface area contributed by atoms with Gasteiger partial charge in [-0.15, -0.1) is 11.3 Å². The minimum atomic E-state index is -0.129. The van der Waals surface area contributed by atoms with Gasteiger partial charge in [-0.2, -0.15) is 0 Å². The third kappa shape index (κ3) is 6.40. The zero-order chi connectivity index (χ0) is 20.5. The van der Waals surface area contributed by atoms with Crippen LogP contribution in [-0.4, -0.2) is 23.3 Å². The number of imide groups is 1. The maximum atomic E-state index is 12.9. The molecule has 0 aromatic carbocycles. The van der Waals surface area contributed by atoms with Crippen LogP contribution in [0.4, 0.5) is 0 Å². The van der Waals surface area contributed by atoms with Crippen LogP contribution in [0, 0.1) is 5.92 Å². The van der Waals surface area contributed by atoms with Crippen molar-refractivity contribution in [3.63, 3.8) is 0 Å². The molecule has 1 aliphatic rings. The molecular weight excluding hydrogens is 502 g/mol. The first kappa shape index (κ1) is 24.1. The molecule has 1 aliphatic heterocycles. The van der Waals surface area contributed by atoms with Crippen LogP contribution in [0.1, 0.15) is 112 Å². The first-order valence-corrected chi connectivity index (χ1v) is 13.2. The molecule has 0 bridgehead atoms. The molecule has 3 nitrogen and oxygen atoms in total. The van der Waals surface area contributed by atoms with Gasteiger partial charge in [-0.05, 0) is 50.6 Å². The van der Waals surface area contributed by atoms with Gasteiger partial charge >= 0.3 is 0 Å². The van der Waals surface area contributed by atoms with Gasteiger partial charge in [0.05, 0.1) is 18.7 Å². The summed E-state index contributed by atoms with van der Waals surface area (Å²) in [6.07, 6.45) is 14.8. The fourth-order valence-electron chi connectivity index (χ4n) is 3.95. The molecular formula is C22H33Br2NO2S. The van der Waals surface area contributed by atoms with Gasteiger partial charge in [-0.1, -0.05) is 78.1 Å². The number of rotatable bonds is 14. The van der Waals surface area contributed by atoms with E-state index in [0.717, 1.165) is 20.4 Å². The van der Waals surface area contributed by atoms with E-state index in [4.69, 9.17) is 0 Å². The Morgan fingerprint density at radius 3 is 1.68 bits per heavy atom. The van der Waals surface area contributed by atoms with E-state index in [0.29, 0.717) is 23.6 Å². The van der Waals surface area contributed by atoms with Crippen LogP contribution in [0.3, 0.4) is 0 Å². The van der Waals surface area contributed by atoms with Crippen molar-refractivity contribution in [3.05, 3.63) is 18.7 Å². The Morgan fingerprint density at radius 2 is 1.18 bits per heavy atom. The Kier molecular flexibility index (Phi) is 10.7. The molecule has 0 aliphatic carbocycles. The Morgan fingerprint density at radius 1 is 0.750 bits per heavy atom. The second-order valence-electron chi connectivity index (χ2n) is 7.89. The molecule has 0 saturated carbocycles. The smallest absolute Gasteiger partial charge is 0.263 e. The summed E-state index contributed by atoms with van der Waals surface area (Å²) >= 11 is 8.31. The molecule has 0 saturated heterocycles. The Hall–Kier alpha value is -0.200. The molecule has 0 spiro atoms. The zero-order valence-electron chi connectivity index (χ0n) is 17.2. The van der Waals surface area contributed by atoms with Gasteiger partial charge in [0, 0.05) is 6.54 Å². The van der Waals surface area contributed by atoms with Gasteiger partial charge in [-0.3, -0.25) is 14.5 Å². The summed E-state index contributed by atoms with van der Waals surface area (Å²) in [6, 6.07) is 0. The summed E-state index contributed by atoms with van der Waals surface area (Å²) in [5.74, 6) is 0.159. The molecule has 1 aromatic rings. The number of nitrogens with zero attached hydrogens (tertiary/aromatic N) is 1. The van der Waals surface area contributed by atoms with Crippen molar-refractivity contribution in [1.82, 2.24) is 4.90 Å². The standard InChI is InChI=1S/C22H33Br2NO2S/c1-3-5-7-9-10-12-14-16(13-11-8-6-4-2)15-25-21(26)17-18(22(25)27)20(24)28-19(17)23/h16H,3-15H2,1-2H3. The summed E-state index contributed by atoms with van der Waals surface area (Å²) < 4.78 is 1.51. The predicted octanol–water partition coefficient (Wildman–Crippen LogP) is 8.21. The number of halogens is 2. The summed E-state index contributed by atoms with van der Waals surface area (Å²) in [5, 5.41) is 0. The molecule has 0 fully saturated rings. The van der Waals surface area contributed by atoms with E-state index in [1.807, 2.05) is 0 Å². The monoisotopic (exact) mass is 533 g/mol. The molecule has 0 N–H and O–H groups in total. The summed E-state index contributed by atoms with van der Waals surface area (Å²) in [5.41, 5.74) is 1.09. The minimum absolute atomic E-state index is 0.129. The van der Waals surface area contributed by atoms with Crippen LogP contribution in [-0.2, 0) is 0 Å². The van der Waals surface area contributed by atoms with E-state index in [9.17, 15) is 9.59 Å². The van der Waals surface area contributed by atoms with E-state index in [-0.39, 0.29) is 11.8 Å². The minimum Gasteiger partial charge on any atom is -0.274 e. The number of hydrogen-bond acceptors (Lipinski definition) is 3. The van der Waals surface area contributed by atoms with E-state index in [1.165, 1.54) is 80.4 Å². The highest BCUT2D eigenvalue weighted by atomic mass is 79.9. The zero-order valence-corrected chi connectivity index (χ0v) is 21.2. The lowest BCUT2D eigenvalue weighted by molar-refractivity contribution is 0.0621. The van der Waals surface area contributed by atoms with Crippen molar-refractivity contribution in [2.24, 2.45) is 5.92 Å². The van der Waals surface area contributed by atoms with Crippen molar-refractivity contribution < 1.29 is 9.59 Å². The lowest BCUT2D eigenvalue weighted by Gasteiger charge is -2.23. The summed E-state index contributed by atoms with van der Waals surface area (Å²) in [6.45, 7) is 5.03. The van der Waals surface area contributed by atoms with Gasteiger partial charge in [-0.25, -0.2) is 0 Å². The SMILES string of the molecule is CCCCCCCCC(CCCCCC)CN1C(=O)c2c(Br)sc(Br)c2C1=O. The second kappa shape index (κ2) is 12.5. The van der Waals surface area contributed by atoms with Crippen molar-refractivity contribution >= 4 is 55.0 Å². The molecule has 2 heterocycles. The molecule has 1 unspecified atom stereocenters. The van der Waals surface area contributed by atoms with Crippen LogP contribution in [0.2, 0.25) is 0 Å². The van der Waals surface area contributed by atoms with Crippen LogP contribution in [0.15, 0.2) is 7.57 Å². The topological polar surface area (TPSA) is 37.4 Å². The average molecular weight is 535 g/mol. The molecule has 2 amide bonds. The van der Waals surface area contributed by atoms with Gasteiger partial charge < -0.3 is 0 Å². The quantitative estimate of drug-likeness (QED) is 0.178. The first-order valence-electron chi connectivity index (χ1n) is 10.8. The Labute approximate surface area is 190 Å². The van der Waals surface area contributed by atoms with Crippen LogP contribution < -0.4 is 0 Å². The number of carbonyl (C=O) groups is 2. The lowest BCUT2D eigenvalue weighted by Crippen LogP contribution is -2.35. The highest BCUT2D eigenvalue weighted by molar-refractivity contribution is 9.12. The van der Waals surface area contributed by atoms with Gasteiger partial charge in [0.25, 0.3) is 11.8 Å². The molecule has 1 atom stereocenters. The van der Waals surface area contributed by atoms with Gasteiger partial charge in [0.2, 0.25) is 0 Å². The highest BCUT2D eigenvalue weighted by Gasteiger charge is 2.41. The van der Waals surface area contributed by atoms with Crippen molar-refractivity contribution in [2.75, 3.05) is 6.54 Å². The maximum Gasteiger partial charge on any atom is 0.263 e. The molecule has 0 radical (unpaired) electrons. The normalized spacial score (nSPS) is 14.8. The Balaban J connectivity index is 1.94. The second-order valence-corrected chi connectivity index (χ2v) is 11.5. The lowest BCUT2D eigenvalue weighted by atomic mass is 9.93. The molecule has 2 rings (SSSR count). The van der Waals surface area contributed by atoms with E-state index < -0.39 is 0 Å². The number of carbonyl (C=O) groups excluding carboxylic acids is 2. The van der Waals surface area contributed by atoms with Crippen LogP contribution >= 0.6 is 43.2 Å². The van der Waals surface area contributed by atoms with Crippen LogP contribution in [0.25, 0.3) is 0 Å². The maximum absolute atomic E-state index is 12.9. The highest BCUT2D eigenvalue weighted by Crippen LogP contribution is 2.42. The molecule has 6 heteroatoms. The first-order chi connectivity index (χ1) is 13.5. The Bertz CT molecular complexity index is 623. The number of thiophene rings is 1. The molecule has 158 valence electrons. The third-order valence-corrected chi connectivity index (χ3v) is 8.14. The van der Waals surface area contributed by atoms with Crippen molar-refractivity contribution in [1.29, 1.82) is 0 Å². The average Bonchev–Trinajstić information content (AvgIpc) is 3.10. The largest absolute Gasteiger partial charge is 0.274 e. The summed E-state index contributed by atoms with van der Waals surface area (Å²) in [7, 11) is 0. The van der Waals surface area contributed by atoms with Gasteiger partial charge in [0.1, 0.15) is 0 Å². The number of hydrogen-bond donors (Lipinski definition) is 0. The van der Waals surface area contributed by atoms with Crippen molar-refractivity contribution in [3.8, 4) is 0 Å². The van der Waals surface area contributed by atoms with Crippen molar-refractivity contribution in [2.45, 2.75) is 90.9 Å². The fourth-order valence-corrected chi connectivity index (χ4v) is 7.04. The van der Waals surface area contributed by atoms with E-state index >= 15 is 0 Å². The van der Waals surface area contributed by atoms with E-state index in [1.54, 1.807) is 0 Å². The van der Waals surface area contributed by atoms with E-state index in [2.05, 4.69) is 45.7 Å². The summed E-state index contributed by atoms with van der Waals surface area (Å²) in [4.78, 5) is 27.2. The number of fused-ring (bicyclic) bond motifs is 1.